The highest BCUT2D eigenvalue weighted by molar-refractivity contribution is 7.13. The highest BCUT2D eigenvalue weighted by atomic mass is 32.1. The second kappa shape index (κ2) is 6.40. The summed E-state index contributed by atoms with van der Waals surface area (Å²) in [6.45, 7) is 0.171. The molecule has 0 fully saturated rings. The number of hydrogen-bond acceptors (Lipinski definition) is 7. The van der Waals surface area contributed by atoms with Gasteiger partial charge in [0.25, 0.3) is 0 Å². The van der Waals surface area contributed by atoms with Gasteiger partial charge in [-0.3, -0.25) is 0 Å². The molecule has 0 saturated heterocycles. The maximum Gasteiger partial charge on any atom is 0.360 e. The van der Waals surface area contributed by atoms with Gasteiger partial charge in [-0.25, -0.2) is 9.78 Å². The molecule has 0 unspecified atom stereocenters. The minimum Gasteiger partial charge on any atom is -0.485 e. The van der Waals surface area contributed by atoms with Crippen molar-refractivity contribution >= 4 is 17.3 Å². The molecular formula is C15H12N2O4S. The zero-order valence-corrected chi connectivity index (χ0v) is 12.5. The summed E-state index contributed by atoms with van der Waals surface area (Å²) >= 11 is 1.57. The predicted molar refractivity (Wildman–Crippen MR) is 79.7 cm³/mol. The van der Waals surface area contributed by atoms with Crippen molar-refractivity contribution < 1.29 is 18.8 Å². The maximum atomic E-state index is 11.6. The number of rotatable bonds is 5. The Morgan fingerprint density at radius 2 is 2.27 bits per heavy atom. The fraction of sp³-hybridized carbons (Fsp3) is 0.133. The summed E-state index contributed by atoms with van der Waals surface area (Å²) in [5.41, 5.74) is 0.759. The number of esters is 1. The van der Waals surface area contributed by atoms with Gasteiger partial charge in [-0.1, -0.05) is 11.2 Å². The van der Waals surface area contributed by atoms with Crippen LogP contribution in [0, 0.1) is 0 Å². The van der Waals surface area contributed by atoms with Gasteiger partial charge in [-0.15, -0.1) is 11.3 Å². The largest absolute Gasteiger partial charge is 0.485 e. The molecule has 0 aliphatic rings. The topological polar surface area (TPSA) is 74.5 Å². The fourth-order valence-corrected chi connectivity index (χ4v) is 2.50. The van der Waals surface area contributed by atoms with Gasteiger partial charge in [0.1, 0.15) is 12.3 Å². The Morgan fingerprint density at radius 1 is 1.36 bits per heavy atom. The number of hydrogen-bond donors (Lipinski definition) is 0. The van der Waals surface area contributed by atoms with Crippen LogP contribution in [0.2, 0.25) is 0 Å². The summed E-state index contributed by atoms with van der Waals surface area (Å²) in [5, 5.41) is 5.92. The molecule has 0 bridgehead atoms. The fourth-order valence-electron chi connectivity index (χ4n) is 1.82. The van der Waals surface area contributed by atoms with Crippen molar-refractivity contribution in [2.45, 2.75) is 6.61 Å². The number of aromatic nitrogens is 2. The highest BCUT2D eigenvalue weighted by Gasteiger charge is 2.15. The van der Waals surface area contributed by atoms with Gasteiger partial charge >= 0.3 is 5.97 Å². The summed E-state index contributed by atoms with van der Waals surface area (Å²) in [6.07, 6.45) is 1.50. The van der Waals surface area contributed by atoms with Gasteiger partial charge in [0.15, 0.2) is 17.2 Å². The smallest absolute Gasteiger partial charge is 0.360 e. The first-order valence-electron chi connectivity index (χ1n) is 6.43. The first-order valence-corrected chi connectivity index (χ1v) is 7.31. The van der Waals surface area contributed by atoms with E-state index in [9.17, 15) is 4.79 Å². The van der Waals surface area contributed by atoms with E-state index in [1.54, 1.807) is 29.5 Å². The Labute approximate surface area is 130 Å². The lowest BCUT2D eigenvalue weighted by molar-refractivity contribution is 0.0588. The van der Waals surface area contributed by atoms with Crippen molar-refractivity contribution in [2.75, 3.05) is 7.11 Å². The Hall–Kier alpha value is -2.67. The number of thiophene rings is 1. The molecule has 0 saturated carbocycles. The number of ether oxygens (including phenoxy) is 2. The third kappa shape index (κ3) is 2.99. The van der Waals surface area contributed by atoms with Gasteiger partial charge in [0.2, 0.25) is 0 Å². The first-order chi connectivity index (χ1) is 10.8. The molecular weight excluding hydrogens is 304 g/mol. The van der Waals surface area contributed by atoms with Crippen LogP contribution in [0.4, 0.5) is 0 Å². The average Bonchev–Trinajstić information content (AvgIpc) is 3.23. The van der Waals surface area contributed by atoms with Gasteiger partial charge in [-0.2, -0.15) is 0 Å². The molecule has 3 heterocycles. The van der Waals surface area contributed by atoms with Crippen molar-refractivity contribution in [3.8, 4) is 16.4 Å². The monoisotopic (exact) mass is 316 g/mol. The molecule has 0 aliphatic heterocycles. The van der Waals surface area contributed by atoms with E-state index in [2.05, 4.69) is 14.9 Å². The second-order valence-corrected chi connectivity index (χ2v) is 5.24. The highest BCUT2D eigenvalue weighted by Crippen LogP contribution is 2.25. The molecule has 0 aromatic carbocycles. The van der Waals surface area contributed by atoms with Crippen molar-refractivity contribution in [3.63, 3.8) is 0 Å². The van der Waals surface area contributed by atoms with E-state index in [1.807, 2.05) is 17.5 Å². The van der Waals surface area contributed by atoms with Gasteiger partial charge in [0, 0.05) is 12.3 Å². The van der Waals surface area contributed by atoms with E-state index >= 15 is 0 Å². The third-order valence-corrected chi connectivity index (χ3v) is 3.73. The number of carbonyl (C=O) groups is 1. The molecule has 0 N–H and O–H groups in total. The third-order valence-electron chi connectivity index (χ3n) is 2.85. The van der Waals surface area contributed by atoms with Crippen LogP contribution in [-0.2, 0) is 11.3 Å². The first kappa shape index (κ1) is 14.3. The second-order valence-electron chi connectivity index (χ2n) is 4.29. The lowest BCUT2D eigenvalue weighted by Gasteiger charge is -2.07. The Bertz CT molecular complexity index is 767. The van der Waals surface area contributed by atoms with Crippen LogP contribution in [0.1, 0.15) is 16.2 Å². The van der Waals surface area contributed by atoms with Crippen LogP contribution < -0.4 is 4.74 Å². The predicted octanol–water partition coefficient (Wildman–Crippen LogP) is 3.16. The van der Waals surface area contributed by atoms with E-state index in [1.165, 1.54) is 13.3 Å². The summed E-state index contributed by atoms with van der Waals surface area (Å²) in [4.78, 5) is 16.6. The maximum absolute atomic E-state index is 11.6. The number of carbonyl (C=O) groups excluding carboxylic acids is 1. The lowest BCUT2D eigenvalue weighted by atomic mass is 10.3. The van der Waals surface area contributed by atoms with Gasteiger partial charge in [-0.05, 0) is 23.6 Å². The van der Waals surface area contributed by atoms with Crippen LogP contribution >= 0.6 is 11.3 Å². The van der Waals surface area contributed by atoms with Crippen LogP contribution in [-0.4, -0.2) is 23.2 Å². The summed E-state index contributed by atoms with van der Waals surface area (Å²) in [7, 11) is 1.30. The number of nitrogens with zero attached hydrogens (tertiary/aromatic N) is 2. The molecule has 0 amide bonds. The van der Waals surface area contributed by atoms with E-state index in [4.69, 9.17) is 9.26 Å². The molecule has 7 heteroatoms. The van der Waals surface area contributed by atoms with Crippen molar-refractivity contribution in [1.29, 1.82) is 0 Å². The molecule has 3 aromatic heterocycles. The molecule has 0 aliphatic carbocycles. The molecule has 6 nitrogen and oxygen atoms in total. The molecule has 3 aromatic rings. The minimum absolute atomic E-state index is 0.131. The van der Waals surface area contributed by atoms with Crippen LogP contribution in [0.25, 0.3) is 10.6 Å². The van der Waals surface area contributed by atoms with Crippen LogP contribution in [0.3, 0.4) is 0 Å². The SMILES string of the molecule is COC(=O)c1ncccc1OCc1cc(-c2cccs2)on1. The molecule has 3 rings (SSSR count). The van der Waals surface area contributed by atoms with E-state index in [-0.39, 0.29) is 12.3 Å². The zero-order valence-electron chi connectivity index (χ0n) is 11.7. The lowest BCUT2D eigenvalue weighted by Crippen LogP contribution is -2.08. The van der Waals surface area contributed by atoms with E-state index in [0.29, 0.717) is 17.2 Å². The Morgan fingerprint density at radius 3 is 3.05 bits per heavy atom. The molecule has 0 spiro atoms. The molecule has 112 valence electrons. The number of pyridine rings is 1. The Kier molecular flexibility index (Phi) is 4.15. The Balaban J connectivity index is 1.72. The molecule has 0 radical (unpaired) electrons. The van der Waals surface area contributed by atoms with Crippen LogP contribution in [0.15, 0.2) is 46.4 Å². The van der Waals surface area contributed by atoms with Crippen molar-refractivity contribution in [2.24, 2.45) is 0 Å². The van der Waals surface area contributed by atoms with Crippen molar-refractivity contribution in [3.05, 3.63) is 53.3 Å². The minimum atomic E-state index is -0.546. The van der Waals surface area contributed by atoms with Gasteiger partial charge < -0.3 is 14.0 Å². The average molecular weight is 316 g/mol. The number of methoxy groups -OCH3 is 1. The molecule has 0 atom stereocenters. The summed E-state index contributed by atoms with van der Waals surface area (Å²) < 4.78 is 15.5. The summed E-state index contributed by atoms with van der Waals surface area (Å²) in [6, 6.07) is 9.03. The zero-order chi connectivity index (χ0) is 15.4. The normalized spacial score (nSPS) is 10.4. The standard InChI is InChI=1S/C15H12N2O4S/c1-19-15(18)14-11(4-2-6-16-14)20-9-10-8-12(21-17-10)13-5-3-7-22-13/h2-8H,9H2,1H3. The quantitative estimate of drug-likeness (QED) is 0.673. The van der Waals surface area contributed by atoms with Crippen molar-refractivity contribution in [1.82, 2.24) is 10.1 Å². The van der Waals surface area contributed by atoms with Crippen LogP contribution in [0.5, 0.6) is 5.75 Å². The summed E-state index contributed by atoms with van der Waals surface area (Å²) in [5.74, 6) is 0.484. The van der Waals surface area contributed by atoms with E-state index < -0.39 is 5.97 Å². The van der Waals surface area contributed by atoms with E-state index in [0.717, 1.165) is 4.88 Å². The van der Waals surface area contributed by atoms with Gasteiger partial charge in [0.05, 0.1) is 12.0 Å². The molecule has 22 heavy (non-hydrogen) atoms.